The molecule has 1 aliphatic carbocycles. The van der Waals surface area contributed by atoms with Crippen LogP contribution in [0.15, 0.2) is 48.5 Å². The van der Waals surface area contributed by atoms with Gasteiger partial charge in [0.05, 0.1) is 0 Å². The van der Waals surface area contributed by atoms with E-state index in [0.717, 1.165) is 67.4 Å². The van der Waals surface area contributed by atoms with Crippen molar-refractivity contribution in [2.75, 3.05) is 19.6 Å². The Balaban J connectivity index is 1.86. The number of benzene rings is 2. The predicted molar refractivity (Wildman–Crippen MR) is 136 cm³/mol. The zero-order valence-electron chi connectivity index (χ0n) is 20.7. The topological polar surface area (TPSA) is 49.4 Å². The largest absolute Gasteiger partial charge is 0.355 e. The van der Waals surface area contributed by atoms with Gasteiger partial charge in [0.25, 0.3) is 0 Å². The van der Waals surface area contributed by atoms with E-state index < -0.39 is 5.41 Å². The molecule has 0 saturated carbocycles. The Hall–Kier alpha value is -2.62. The molecule has 0 fully saturated rings. The van der Waals surface area contributed by atoms with Gasteiger partial charge in [0, 0.05) is 26.1 Å². The standard InChI is InChI=1S/C29H40N2O2/c1-4-7-21-31(22-8-5-2)27(32)18-13-19-29(28(33)30-20-6-3)25-16-11-9-14-23(25)24-15-10-12-17-26(24)29/h9-12,14-17H,4-8,13,18-22H2,1-3H3,(H,30,33). The molecule has 3 rings (SSSR count). The van der Waals surface area contributed by atoms with Crippen LogP contribution in [-0.2, 0) is 15.0 Å². The third kappa shape index (κ3) is 5.31. The van der Waals surface area contributed by atoms with Crippen molar-refractivity contribution in [3.8, 4) is 11.1 Å². The molecule has 1 N–H and O–H groups in total. The van der Waals surface area contributed by atoms with Crippen LogP contribution in [0.25, 0.3) is 11.1 Å². The molecule has 0 atom stereocenters. The summed E-state index contributed by atoms with van der Waals surface area (Å²) in [4.78, 5) is 28.9. The van der Waals surface area contributed by atoms with Crippen LogP contribution in [0.3, 0.4) is 0 Å². The lowest BCUT2D eigenvalue weighted by atomic mass is 9.73. The molecule has 0 aliphatic heterocycles. The molecular formula is C29H40N2O2. The van der Waals surface area contributed by atoms with Gasteiger partial charge in [-0.1, -0.05) is 82.1 Å². The predicted octanol–water partition coefficient (Wildman–Crippen LogP) is 6.08. The molecule has 2 aromatic carbocycles. The first kappa shape index (κ1) is 25.0. The summed E-state index contributed by atoms with van der Waals surface area (Å²) < 4.78 is 0. The third-order valence-electron chi connectivity index (χ3n) is 6.85. The zero-order valence-corrected chi connectivity index (χ0v) is 20.7. The van der Waals surface area contributed by atoms with Gasteiger partial charge < -0.3 is 10.2 Å². The third-order valence-corrected chi connectivity index (χ3v) is 6.85. The van der Waals surface area contributed by atoms with Gasteiger partial charge in [-0.3, -0.25) is 9.59 Å². The van der Waals surface area contributed by atoms with E-state index in [1.165, 1.54) is 0 Å². The van der Waals surface area contributed by atoms with E-state index in [2.05, 4.69) is 50.4 Å². The summed E-state index contributed by atoms with van der Waals surface area (Å²) in [5.74, 6) is 0.281. The van der Waals surface area contributed by atoms with Crippen molar-refractivity contribution in [3.63, 3.8) is 0 Å². The monoisotopic (exact) mass is 448 g/mol. The molecule has 178 valence electrons. The van der Waals surface area contributed by atoms with Crippen LogP contribution < -0.4 is 5.32 Å². The number of hydrogen-bond donors (Lipinski definition) is 1. The molecule has 0 bridgehead atoms. The number of unbranched alkanes of at least 4 members (excludes halogenated alkanes) is 2. The lowest BCUT2D eigenvalue weighted by molar-refractivity contribution is -0.132. The van der Waals surface area contributed by atoms with Crippen molar-refractivity contribution in [3.05, 3.63) is 59.7 Å². The average Bonchev–Trinajstić information content (AvgIpc) is 3.13. The summed E-state index contributed by atoms with van der Waals surface area (Å²) in [6.45, 7) is 8.73. The number of amides is 2. The average molecular weight is 449 g/mol. The fourth-order valence-corrected chi connectivity index (χ4v) is 5.06. The fourth-order valence-electron chi connectivity index (χ4n) is 5.06. The van der Waals surface area contributed by atoms with Crippen molar-refractivity contribution in [2.45, 2.75) is 77.6 Å². The molecule has 0 spiro atoms. The van der Waals surface area contributed by atoms with E-state index in [0.29, 0.717) is 25.8 Å². The van der Waals surface area contributed by atoms with Crippen molar-refractivity contribution >= 4 is 11.8 Å². The Morgan fingerprint density at radius 2 is 1.33 bits per heavy atom. The van der Waals surface area contributed by atoms with Gasteiger partial charge in [-0.2, -0.15) is 0 Å². The quantitative estimate of drug-likeness (QED) is 0.404. The number of carbonyl (C=O) groups excluding carboxylic acids is 2. The normalized spacial score (nSPS) is 13.3. The number of rotatable bonds is 13. The molecule has 0 unspecified atom stereocenters. The van der Waals surface area contributed by atoms with E-state index in [9.17, 15) is 9.59 Å². The SMILES string of the molecule is CCCCN(CCCC)C(=O)CCCC1(C(=O)NCCC)c2ccccc2-c2ccccc21. The van der Waals surface area contributed by atoms with Crippen LogP contribution in [0.1, 0.15) is 83.3 Å². The molecule has 2 aromatic rings. The first-order valence-electron chi connectivity index (χ1n) is 12.9. The lowest BCUT2D eigenvalue weighted by Gasteiger charge is -2.31. The molecule has 33 heavy (non-hydrogen) atoms. The maximum Gasteiger partial charge on any atom is 0.235 e. The second-order valence-electron chi connectivity index (χ2n) is 9.19. The first-order valence-corrected chi connectivity index (χ1v) is 12.9. The van der Waals surface area contributed by atoms with E-state index in [-0.39, 0.29) is 11.8 Å². The zero-order chi connectivity index (χ0) is 23.7. The van der Waals surface area contributed by atoms with E-state index >= 15 is 0 Å². The minimum absolute atomic E-state index is 0.0584. The number of fused-ring (bicyclic) bond motifs is 3. The molecule has 0 saturated heterocycles. The Morgan fingerprint density at radius 3 is 1.85 bits per heavy atom. The van der Waals surface area contributed by atoms with Gasteiger partial charge >= 0.3 is 0 Å². The van der Waals surface area contributed by atoms with E-state index in [1.54, 1.807) is 0 Å². The second-order valence-corrected chi connectivity index (χ2v) is 9.19. The van der Waals surface area contributed by atoms with Gasteiger partial charge in [0.2, 0.25) is 11.8 Å². The number of hydrogen-bond acceptors (Lipinski definition) is 2. The van der Waals surface area contributed by atoms with Crippen LogP contribution in [0, 0.1) is 0 Å². The van der Waals surface area contributed by atoms with E-state index in [1.807, 2.05) is 29.2 Å². The van der Waals surface area contributed by atoms with E-state index in [4.69, 9.17) is 0 Å². The maximum atomic E-state index is 13.7. The fraction of sp³-hybridized carbons (Fsp3) is 0.517. The van der Waals surface area contributed by atoms with Crippen LogP contribution >= 0.6 is 0 Å². The van der Waals surface area contributed by atoms with Gasteiger partial charge in [0.1, 0.15) is 5.41 Å². The highest BCUT2D eigenvalue weighted by Gasteiger charge is 2.48. The molecule has 0 radical (unpaired) electrons. The molecule has 4 heteroatoms. The number of nitrogens with one attached hydrogen (secondary N) is 1. The molecule has 0 heterocycles. The summed E-state index contributed by atoms with van der Waals surface area (Å²) in [5, 5.41) is 3.18. The molecule has 2 amide bonds. The minimum atomic E-state index is -0.736. The van der Waals surface area contributed by atoms with Gasteiger partial charge in [-0.15, -0.1) is 0 Å². The minimum Gasteiger partial charge on any atom is -0.355 e. The van der Waals surface area contributed by atoms with Gasteiger partial charge in [-0.25, -0.2) is 0 Å². The Morgan fingerprint density at radius 1 is 0.788 bits per heavy atom. The van der Waals surface area contributed by atoms with Gasteiger partial charge in [-0.05, 0) is 54.4 Å². The molecular weight excluding hydrogens is 408 g/mol. The lowest BCUT2D eigenvalue weighted by Crippen LogP contribution is -2.44. The Labute approximate surface area is 199 Å². The highest BCUT2D eigenvalue weighted by atomic mass is 16.2. The maximum absolute atomic E-state index is 13.7. The van der Waals surface area contributed by atoms with Crippen LogP contribution in [0.2, 0.25) is 0 Å². The smallest absolute Gasteiger partial charge is 0.235 e. The summed E-state index contributed by atoms with van der Waals surface area (Å²) in [6, 6.07) is 16.5. The van der Waals surface area contributed by atoms with Crippen LogP contribution in [0.4, 0.5) is 0 Å². The van der Waals surface area contributed by atoms with Crippen LogP contribution in [-0.4, -0.2) is 36.3 Å². The van der Waals surface area contributed by atoms with Crippen molar-refractivity contribution in [1.82, 2.24) is 10.2 Å². The summed E-state index contributed by atoms with van der Waals surface area (Å²) in [5.41, 5.74) is 3.68. The molecule has 1 aliphatic rings. The number of nitrogens with zero attached hydrogens (tertiary/aromatic N) is 1. The molecule has 0 aromatic heterocycles. The summed E-state index contributed by atoms with van der Waals surface area (Å²) in [6.07, 6.45) is 6.97. The van der Waals surface area contributed by atoms with Crippen LogP contribution in [0.5, 0.6) is 0 Å². The van der Waals surface area contributed by atoms with Crippen molar-refractivity contribution in [2.24, 2.45) is 0 Å². The Kier molecular flexibility index (Phi) is 9.11. The summed E-state index contributed by atoms with van der Waals surface area (Å²) in [7, 11) is 0. The second kappa shape index (κ2) is 12.0. The number of carbonyl (C=O) groups is 2. The van der Waals surface area contributed by atoms with Gasteiger partial charge in [0.15, 0.2) is 0 Å². The van der Waals surface area contributed by atoms with Crippen molar-refractivity contribution in [1.29, 1.82) is 0 Å². The van der Waals surface area contributed by atoms with Crippen molar-refractivity contribution < 1.29 is 9.59 Å². The molecule has 4 nitrogen and oxygen atoms in total. The summed E-state index contributed by atoms with van der Waals surface area (Å²) >= 11 is 0. The Bertz CT molecular complexity index is 883. The first-order chi connectivity index (χ1) is 16.1. The highest BCUT2D eigenvalue weighted by Crippen LogP contribution is 2.51. The highest BCUT2D eigenvalue weighted by molar-refractivity contribution is 6.00.